The van der Waals surface area contributed by atoms with Crippen LogP contribution in [-0.2, 0) is 9.53 Å². The van der Waals surface area contributed by atoms with E-state index in [9.17, 15) is 9.90 Å². The Kier molecular flexibility index (Phi) is 5.23. The first-order valence-corrected chi connectivity index (χ1v) is 10.7. The Morgan fingerprint density at radius 3 is 2.71 bits per heavy atom. The van der Waals surface area contributed by atoms with Crippen LogP contribution in [0.25, 0.3) is 11.6 Å². The summed E-state index contributed by atoms with van der Waals surface area (Å²) in [6, 6.07) is 14.7. The second kappa shape index (κ2) is 8.33. The molecule has 0 fully saturated rings. The van der Waals surface area contributed by atoms with Gasteiger partial charge >= 0.3 is 5.97 Å². The number of fused-ring (bicyclic) bond motifs is 5. The van der Waals surface area contributed by atoms with E-state index in [0.29, 0.717) is 29.6 Å². The first-order valence-electron chi connectivity index (χ1n) is 9.62. The zero-order valence-corrected chi connectivity index (χ0v) is 17.1. The predicted octanol–water partition coefficient (Wildman–Crippen LogP) is 3.86. The Balaban J connectivity index is 1.63. The monoisotopic (exact) mass is 434 g/mol. The number of hydrogen-bond acceptors (Lipinski definition) is 7. The highest BCUT2D eigenvalue weighted by Crippen LogP contribution is 2.39. The lowest BCUT2D eigenvalue weighted by molar-refractivity contribution is -0.135. The number of nitrogens with one attached hydrogen (secondary N) is 1. The second-order valence-electron chi connectivity index (χ2n) is 6.93. The van der Waals surface area contributed by atoms with Crippen LogP contribution in [0.4, 0.5) is 0 Å². The molecule has 8 heteroatoms. The molecule has 7 nitrogen and oxygen atoms in total. The minimum Gasteiger partial charge on any atom is -0.475 e. The van der Waals surface area contributed by atoms with Crippen molar-refractivity contribution >= 4 is 35.3 Å². The molecule has 0 radical (unpaired) electrons. The van der Waals surface area contributed by atoms with Gasteiger partial charge in [0.15, 0.2) is 0 Å². The maximum Gasteiger partial charge on any atom is 0.371 e. The van der Waals surface area contributed by atoms with Gasteiger partial charge in [0.25, 0.3) is 0 Å². The summed E-state index contributed by atoms with van der Waals surface area (Å²) in [5.74, 6) is 0.922. The van der Waals surface area contributed by atoms with E-state index in [-0.39, 0.29) is 11.1 Å². The Bertz CT molecular complexity index is 1150. The highest BCUT2D eigenvalue weighted by molar-refractivity contribution is 8.00. The molecule has 1 unspecified atom stereocenters. The third kappa shape index (κ3) is 4.08. The Morgan fingerprint density at radius 2 is 1.90 bits per heavy atom. The van der Waals surface area contributed by atoms with Gasteiger partial charge in [-0.3, -0.25) is 5.32 Å². The van der Waals surface area contributed by atoms with E-state index in [1.165, 1.54) is 18.6 Å². The summed E-state index contributed by atoms with van der Waals surface area (Å²) in [6.07, 6.45) is 4.35. The zero-order valence-electron chi connectivity index (χ0n) is 16.3. The molecule has 0 aliphatic carbocycles. The lowest BCUT2D eigenvalue weighted by Gasteiger charge is -2.23. The summed E-state index contributed by atoms with van der Waals surface area (Å²) in [7, 11) is 0. The van der Waals surface area contributed by atoms with Crippen LogP contribution in [0.1, 0.15) is 11.1 Å². The summed E-state index contributed by atoms with van der Waals surface area (Å²) in [5, 5.41) is 13.1. The largest absolute Gasteiger partial charge is 0.475 e. The third-order valence-corrected chi connectivity index (χ3v) is 6.14. The van der Waals surface area contributed by atoms with Crippen molar-refractivity contribution in [3.63, 3.8) is 0 Å². The first kappa shape index (κ1) is 19.5. The molecule has 1 atom stereocenters. The maximum atomic E-state index is 11.9. The van der Waals surface area contributed by atoms with E-state index in [2.05, 4.69) is 10.3 Å². The van der Waals surface area contributed by atoms with Gasteiger partial charge in [-0.15, -0.1) is 11.8 Å². The van der Waals surface area contributed by atoms with Crippen LogP contribution in [0, 0.1) is 0 Å². The fourth-order valence-electron chi connectivity index (χ4n) is 3.52. The number of aliphatic carboxylic acids is 1. The summed E-state index contributed by atoms with van der Waals surface area (Å²) < 4.78 is 17.1. The third-order valence-electron chi connectivity index (χ3n) is 4.95. The average Bonchev–Trinajstić information content (AvgIpc) is 3.22. The van der Waals surface area contributed by atoms with Gasteiger partial charge in [0, 0.05) is 11.3 Å². The zero-order chi connectivity index (χ0) is 21.2. The Morgan fingerprint density at radius 1 is 1.10 bits per heavy atom. The SMILES string of the molecule is O=C(O)C1=Cc2cccc(c2)OC=COc2ccc(cc2)C2=C3C(=NCNC3SC2)O1. The fourth-order valence-corrected chi connectivity index (χ4v) is 4.77. The average molecular weight is 434 g/mol. The second-order valence-corrected chi connectivity index (χ2v) is 8.02. The Labute approximate surface area is 182 Å². The molecule has 2 aromatic rings. The van der Waals surface area contributed by atoms with E-state index in [1.807, 2.05) is 24.3 Å². The lowest BCUT2D eigenvalue weighted by Crippen LogP contribution is -2.36. The minimum atomic E-state index is -1.17. The van der Waals surface area contributed by atoms with E-state index in [1.54, 1.807) is 36.0 Å². The summed E-state index contributed by atoms with van der Waals surface area (Å²) in [5.41, 5.74) is 3.57. The van der Waals surface area contributed by atoms with Crippen LogP contribution in [-0.4, -0.2) is 34.8 Å². The molecule has 4 aliphatic heterocycles. The number of carboxylic acid groups (broad SMARTS) is 1. The molecule has 0 saturated carbocycles. The van der Waals surface area contributed by atoms with Crippen molar-refractivity contribution in [2.24, 2.45) is 4.99 Å². The summed E-state index contributed by atoms with van der Waals surface area (Å²) >= 11 is 1.73. The molecule has 4 aliphatic rings. The van der Waals surface area contributed by atoms with E-state index in [4.69, 9.17) is 14.2 Å². The van der Waals surface area contributed by atoms with Crippen molar-refractivity contribution in [1.29, 1.82) is 0 Å². The molecule has 0 amide bonds. The van der Waals surface area contributed by atoms with Gasteiger partial charge in [-0.05, 0) is 47.0 Å². The highest BCUT2D eigenvalue weighted by atomic mass is 32.2. The number of carbonyl (C=O) groups is 1. The van der Waals surface area contributed by atoms with Gasteiger partial charge < -0.3 is 19.3 Å². The molecule has 156 valence electrons. The van der Waals surface area contributed by atoms with E-state index < -0.39 is 5.97 Å². The smallest absolute Gasteiger partial charge is 0.371 e. The van der Waals surface area contributed by atoms with Crippen LogP contribution in [0.15, 0.2) is 77.4 Å². The molecular weight excluding hydrogens is 416 g/mol. The van der Waals surface area contributed by atoms with Gasteiger partial charge in [0.2, 0.25) is 11.7 Å². The molecule has 4 heterocycles. The van der Waals surface area contributed by atoms with Gasteiger partial charge in [-0.1, -0.05) is 24.3 Å². The van der Waals surface area contributed by atoms with Crippen molar-refractivity contribution in [3.05, 3.63) is 83.5 Å². The van der Waals surface area contributed by atoms with E-state index in [0.717, 1.165) is 22.5 Å². The molecule has 0 spiro atoms. The summed E-state index contributed by atoms with van der Waals surface area (Å²) in [4.78, 5) is 16.4. The van der Waals surface area contributed by atoms with Gasteiger partial charge in [0.1, 0.15) is 24.0 Å². The van der Waals surface area contributed by atoms with Gasteiger partial charge in [-0.25, -0.2) is 9.79 Å². The molecule has 31 heavy (non-hydrogen) atoms. The Hall–Kier alpha value is -3.49. The summed E-state index contributed by atoms with van der Waals surface area (Å²) in [6.45, 7) is 0.360. The molecule has 2 N–H and O–H groups in total. The van der Waals surface area contributed by atoms with Gasteiger partial charge in [-0.2, -0.15) is 0 Å². The van der Waals surface area contributed by atoms with Crippen molar-refractivity contribution in [2.45, 2.75) is 5.37 Å². The molecule has 0 saturated heterocycles. The molecule has 6 rings (SSSR count). The van der Waals surface area contributed by atoms with Crippen LogP contribution in [0.5, 0.6) is 11.5 Å². The molecule has 2 aromatic carbocycles. The van der Waals surface area contributed by atoms with Gasteiger partial charge in [0.05, 0.1) is 12.0 Å². The number of nitrogens with zero attached hydrogens (tertiary/aromatic N) is 1. The number of hydrogen-bond donors (Lipinski definition) is 2. The van der Waals surface area contributed by atoms with Crippen molar-refractivity contribution in [1.82, 2.24) is 5.32 Å². The van der Waals surface area contributed by atoms with E-state index >= 15 is 0 Å². The number of ether oxygens (including phenoxy) is 3. The number of aliphatic imine (C=N–C) groups is 1. The van der Waals surface area contributed by atoms with Crippen LogP contribution < -0.4 is 14.8 Å². The van der Waals surface area contributed by atoms with Crippen molar-refractivity contribution in [2.75, 3.05) is 12.4 Å². The molecule has 4 bridgehead atoms. The van der Waals surface area contributed by atoms with Crippen LogP contribution >= 0.6 is 11.8 Å². The molecule has 0 aromatic heterocycles. The standard InChI is InChI=1S/C23H18N2O5S/c26-23(27)19-11-14-2-1-3-17(10-14)29-9-8-28-16-6-4-15(5-7-16)18-12-31-22-20(18)21(30-19)24-13-25-22/h1-11,22,25H,12-13H2,(H,26,27). The maximum absolute atomic E-state index is 11.9. The number of rotatable bonds is 1. The lowest BCUT2D eigenvalue weighted by atomic mass is 10.0. The predicted molar refractivity (Wildman–Crippen MR) is 119 cm³/mol. The topological polar surface area (TPSA) is 89.4 Å². The molecular formula is C23H18N2O5S. The quantitative estimate of drug-likeness (QED) is 0.705. The number of benzene rings is 2. The number of thioether (sulfide) groups is 1. The normalized spacial score (nSPS) is 19.9. The van der Waals surface area contributed by atoms with Crippen LogP contribution in [0.2, 0.25) is 0 Å². The highest BCUT2D eigenvalue weighted by Gasteiger charge is 2.34. The number of carboxylic acids is 1. The van der Waals surface area contributed by atoms with Crippen molar-refractivity contribution in [3.8, 4) is 11.5 Å². The first-order chi connectivity index (χ1) is 15.2. The minimum absolute atomic E-state index is 0.00443. The van der Waals surface area contributed by atoms with Crippen molar-refractivity contribution < 1.29 is 24.1 Å². The fraction of sp³-hybridized carbons (Fsp3) is 0.130. The van der Waals surface area contributed by atoms with Crippen LogP contribution in [0.3, 0.4) is 0 Å².